The third kappa shape index (κ3) is 2.65. The van der Waals surface area contributed by atoms with E-state index in [0.29, 0.717) is 0 Å². The summed E-state index contributed by atoms with van der Waals surface area (Å²) in [6, 6.07) is 1.85. The monoisotopic (exact) mass is 301 g/mol. The van der Waals surface area contributed by atoms with E-state index in [9.17, 15) is 4.79 Å². The van der Waals surface area contributed by atoms with Crippen LogP contribution in [0.2, 0.25) is 0 Å². The summed E-state index contributed by atoms with van der Waals surface area (Å²) < 4.78 is 0. The Morgan fingerprint density at radius 2 is 2.23 bits per heavy atom. The third-order valence-corrected chi connectivity index (χ3v) is 4.30. The maximum atomic E-state index is 12.8. The summed E-state index contributed by atoms with van der Waals surface area (Å²) >= 11 is 0. The second kappa shape index (κ2) is 5.94. The Hall–Kier alpha value is -2.11. The molecular formula is C16H23N5O. The van der Waals surface area contributed by atoms with Gasteiger partial charge in [-0.25, -0.2) is 4.98 Å². The quantitative estimate of drug-likeness (QED) is 0.915. The predicted octanol–water partition coefficient (Wildman–Crippen LogP) is 2.93. The molecule has 22 heavy (non-hydrogen) atoms. The van der Waals surface area contributed by atoms with E-state index >= 15 is 0 Å². The number of H-pyrrole nitrogens is 2. The number of amides is 1. The number of aromatic amines is 2. The zero-order valence-electron chi connectivity index (χ0n) is 13.4. The molecule has 0 spiro atoms. The zero-order valence-corrected chi connectivity index (χ0v) is 13.4. The van der Waals surface area contributed by atoms with Gasteiger partial charge in [-0.2, -0.15) is 5.10 Å². The first-order valence-electron chi connectivity index (χ1n) is 7.95. The molecule has 2 aromatic rings. The first-order valence-corrected chi connectivity index (χ1v) is 7.95. The highest BCUT2D eigenvalue weighted by Crippen LogP contribution is 2.31. The van der Waals surface area contributed by atoms with Crippen LogP contribution in [0.5, 0.6) is 0 Å². The Balaban J connectivity index is 1.87. The number of hydrogen-bond donors (Lipinski definition) is 2. The number of carbonyl (C=O) groups is 1. The summed E-state index contributed by atoms with van der Waals surface area (Å²) in [6.07, 6.45) is 4.89. The van der Waals surface area contributed by atoms with Gasteiger partial charge in [-0.05, 0) is 32.3 Å². The lowest BCUT2D eigenvalue weighted by Crippen LogP contribution is -2.39. The summed E-state index contributed by atoms with van der Waals surface area (Å²) in [6.45, 7) is 6.84. The minimum Gasteiger partial charge on any atom is -0.365 e. The minimum absolute atomic E-state index is 0.00412. The van der Waals surface area contributed by atoms with Gasteiger partial charge in [-0.1, -0.05) is 13.8 Å². The van der Waals surface area contributed by atoms with Crippen molar-refractivity contribution in [3.05, 3.63) is 35.2 Å². The van der Waals surface area contributed by atoms with Gasteiger partial charge in [0.05, 0.1) is 11.6 Å². The summed E-state index contributed by atoms with van der Waals surface area (Å²) in [5, 5.41) is 7.32. The number of aryl methyl sites for hydroxylation is 1. The van der Waals surface area contributed by atoms with Gasteiger partial charge in [-0.15, -0.1) is 0 Å². The Bertz CT molecular complexity index is 657. The summed E-state index contributed by atoms with van der Waals surface area (Å²) in [4.78, 5) is 22.5. The van der Waals surface area contributed by atoms with Gasteiger partial charge >= 0.3 is 0 Å². The highest BCUT2D eigenvalue weighted by atomic mass is 16.2. The van der Waals surface area contributed by atoms with Crippen LogP contribution in [0, 0.1) is 6.92 Å². The molecule has 6 nitrogen and oxygen atoms in total. The standard InChI is InChI=1S/C16H23N5O/c1-10(2)14-18-15(20-19-14)13-6-4-5-9-21(13)16(22)12-7-8-17-11(12)3/h7-8,10,13,17H,4-6,9H2,1-3H3,(H,18,19,20)/t13-/m1/s1. The van der Waals surface area contributed by atoms with Crippen molar-refractivity contribution < 1.29 is 4.79 Å². The number of piperidine rings is 1. The fraction of sp³-hybridized carbons (Fsp3) is 0.562. The summed E-state index contributed by atoms with van der Waals surface area (Å²) in [5.74, 6) is 1.98. The third-order valence-electron chi connectivity index (χ3n) is 4.30. The van der Waals surface area contributed by atoms with Crippen molar-refractivity contribution in [1.82, 2.24) is 25.1 Å². The molecular weight excluding hydrogens is 278 g/mol. The van der Waals surface area contributed by atoms with Crippen LogP contribution in [0.25, 0.3) is 0 Å². The molecule has 0 aromatic carbocycles. The summed E-state index contributed by atoms with van der Waals surface area (Å²) in [5.41, 5.74) is 1.66. The van der Waals surface area contributed by atoms with Crippen LogP contribution in [0.4, 0.5) is 0 Å². The first kappa shape index (κ1) is 14.8. The average Bonchev–Trinajstić information content (AvgIpc) is 3.15. The van der Waals surface area contributed by atoms with Crippen LogP contribution >= 0.6 is 0 Å². The van der Waals surface area contributed by atoms with E-state index in [1.54, 1.807) is 0 Å². The zero-order chi connectivity index (χ0) is 15.7. The van der Waals surface area contributed by atoms with E-state index in [0.717, 1.165) is 48.7 Å². The summed E-state index contributed by atoms with van der Waals surface area (Å²) in [7, 11) is 0. The number of hydrogen-bond acceptors (Lipinski definition) is 3. The highest BCUT2D eigenvalue weighted by Gasteiger charge is 2.31. The highest BCUT2D eigenvalue weighted by molar-refractivity contribution is 5.95. The van der Waals surface area contributed by atoms with Crippen molar-refractivity contribution in [2.24, 2.45) is 0 Å². The van der Waals surface area contributed by atoms with Gasteiger partial charge < -0.3 is 9.88 Å². The van der Waals surface area contributed by atoms with Gasteiger partial charge in [-0.3, -0.25) is 9.89 Å². The Kier molecular flexibility index (Phi) is 4.00. The molecule has 1 amide bonds. The second-order valence-corrected chi connectivity index (χ2v) is 6.26. The number of nitrogens with zero attached hydrogens (tertiary/aromatic N) is 3. The maximum absolute atomic E-state index is 12.8. The molecule has 1 fully saturated rings. The molecule has 0 aliphatic carbocycles. The van der Waals surface area contributed by atoms with Gasteiger partial charge in [0.1, 0.15) is 5.82 Å². The van der Waals surface area contributed by atoms with Crippen molar-refractivity contribution in [2.75, 3.05) is 6.54 Å². The number of aromatic nitrogens is 4. The number of carbonyl (C=O) groups excluding carboxylic acids is 1. The minimum atomic E-state index is -0.00412. The van der Waals surface area contributed by atoms with E-state index < -0.39 is 0 Å². The Labute approximate surface area is 130 Å². The van der Waals surface area contributed by atoms with E-state index in [1.165, 1.54) is 0 Å². The van der Waals surface area contributed by atoms with Crippen molar-refractivity contribution in [3.63, 3.8) is 0 Å². The molecule has 1 aliphatic heterocycles. The second-order valence-electron chi connectivity index (χ2n) is 6.26. The van der Waals surface area contributed by atoms with Crippen molar-refractivity contribution in [2.45, 2.75) is 52.0 Å². The fourth-order valence-electron chi connectivity index (χ4n) is 2.99. The van der Waals surface area contributed by atoms with Gasteiger partial charge in [0, 0.05) is 24.4 Å². The average molecular weight is 301 g/mol. The lowest BCUT2D eigenvalue weighted by molar-refractivity contribution is 0.0599. The SMILES string of the molecule is Cc1[nH]ccc1C(=O)N1CCCC[C@@H]1c1nc(C(C)C)n[nH]1. The molecule has 0 bridgehead atoms. The molecule has 0 saturated carbocycles. The van der Waals surface area contributed by atoms with Crippen LogP contribution in [-0.4, -0.2) is 37.5 Å². The molecule has 1 aliphatic rings. The molecule has 1 saturated heterocycles. The van der Waals surface area contributed by atoms with Crippen LogP contribution in [0.15, 0.2) is 12.3 Å². The normalized spacial score (nSPS) is 18.9. The topological polar surface area (TPSA) is 77.7 Å². The van der Waals surface area contributed by atoms with E-state index in [4.69, 9.17) is 0 Å². The molecule has 2 N–H and O–H groups in total. The number of nitrogens with one attached hydrogen (secondary N) is 2. The number of likely N-dealkylation sites (tertiary alicyclic amines) is 1. The molecule has 3 rings (SSSR count). The predicted molar refractivity (Wildman–Crippen MR) is 83.6 cm³/mol. The largest absolute Gasteiger partial charge is 0.365 e. The van der Waals surface area contributed by atoms with Gasteiger partial charge in [0.25, 0.3) is 5.91 Å². The van der Waals surface area contributed by atoms with E-state index in [2.05, 4.69) is 34.0 Å². The molecule has 0 radical (unpaired) electrons. The van der Waals surface area contributed by atoms with Crippen LogP contribution in [-0.2, 0) is 0 Å². The van der Waals surface area contributed by atoms with E-state index in [-0.39, 0.29) is 17.9 Å². The van der Waals surface area contributed by atoms with Gasteiger partial charge in [0.2, 0.25) is 0 Å². The number of rotatable bonds is 3. The van der Waals surface area contributed by atoms with Crippen LogP contribution in [0.3, 0.4) is 0 Å². The Morgan fingerprint density at radius 1 is 1.41 bits per heavy atom. The lowest BCUT2D eigenvalue weighted by atomic mass is 10.00. The van der Waals surface area contributed by atoms with Crippen molar-refractivity contribution in [3.8, 4) is 0 Å². The molecule has 1 atom stereocenters. The molecule has 2 aromatic heterocycles. The fourth-order valence-corrected chi connectivity index (χ4v) is 2.99. The smallest absolute Gasteiger partial charge is 0.256 e. The Morgan fingerprint density at radius 3 is 2.86 bits per heavy atom. The molecule has 6 heteroatoms. The van der Waals surface area contributed by atoms with Crippen molar-refractivity contribution >= 4 is 5.91 Å². The van der Waals surface area contributed by atoms with Crippen LogP contribution < -0.4 is 0 Å². The maximum Gasteiger partial charge on any atom is 0.256 e. The van der Waals surface area contributed by atoms with Crippen LogP contribution in [0.1, 0.15) is 72.8 Å². The molecule has 118 valence electrons. The first-order chi connectivity index (χ1) is 10.6. The molecule has 0 unspecified atom stereocenters. The lowest BCUT2D eigenvalue weighted by Gasteiger charge is -2.34. The van der Waals surface area contributed by atoms with E-state index in [1.807, 2.05) is 24.1 Å². The molecule has 3 heterocycles. The van der Waals surface area contributed by atoms with Crippen molar-refractivity contribution in [1.29, 1.82) is 0 Å². The van der Waals surface area contributed by atoms with Gasteiger partial charge in [0.15, 0.2) is 5.82 Å².